The minimum atomic E-state index is -0.297. The van der Waals surface area contributed by atoms with Crippen LogP contribution in [0.15, 0.2) is 35.9 Å². The zero-order chi connectivity index (χ0) is 28.3. The summed E-state index contributed by atoms with van der Waals surface area (Å²) in [6, 6.07) is 5.95. The zero-order valence-corrected chi connectivity index (χ0v) is 25.7. The van der Waals surface area contributed by atoms with E-state index in [1.807, 2.05) is 0 Å². The molecule has 1 aromatic rings. The molecule has 3 fully saturated rings. The Morgan fingerprint density at radius 2 is 1.77 bits per heavy atom. The van der Waals surface area contributed by atoms with Crippen molar-refractivity contribution < 1.29 is 14.7 Å². The van der Waals surface area contributed by atoms with Gasteiger partial charge in [0.15, 0.2) is 0 Å². The topological polar surface area (TPSA) is 72.8 Å². The first-order valence-electron chi connectivity index (χ1n) is 16.1. The van der Waals surface area contributed by atoms with Crippen molar-refractivity contribution in [2.24, 2.45) is 34.5 Å². The van der Waals surface area contributed by atoms with Crippen molar-refractivity contribution in [1.29, 1.82) is 0 Å². The van der Waals surface area contributed by atoms with Crippen molar-refractivity contribution in [3.63, 3.8) is 0 Å². The van der Waals surface area contributed by atoms with Crippen LogP contribution >= 0.6 is 11.8 Å². The Bertz CT molecular complexity index is 1040. The lowest BCUT2D eigenvalue weighted by Crippen LogP contribution is -2.50. The average Bonchev–Trinajstić information content (AvgIpc) is 3.27. The zero-order valence-electron chi connectivity index (χ0n) is 24.9. The summed E-state index contributed by atoms with van der Waals surface area (Å²) in [5, 5.41) is 19.7. The minimum absolute atomic E-state index is 0.107. The summed E-state index contributed by atoms with van der Waals surface area (Å²) in [5.41, 5.74) is 2.53. The molecule has 6 heteroatoms. The number of hydrogen-bond donors (Lipinski definition) is 1. The van der Waals surface area contributed by atoms with E-state index in [2.05, 4.69) is 26.8 Å². The van der Waals surface area contributed by atoms with Crippen molar-refractivity contribution in [3.05, 3.63) is 41.1 Å². The molecular weight excluding hydrogens is 518 g/mol. The predicted octanol–water partition coefficient (Wildman–Crippen LogP) is 10.3. The lowest BCUT2D eigenvalue weighted by atomic mass is 9.47. The highest BCUT2D eigenvalue weighted by Crippen LogP contribution is 2.67. The fourth-order valence-corrected chi connectivity index (χ4v) is 10.3. The smallest absolute Gasteiger partial charge is 0.372 e. The van der Waals surface area contributed by atoms with E-state index in [4.69, 9.17) is 9.94 Å². The van der Waals surface area contributed by atoms with Gasteiger partial charge in [-0.3, -0.25) is 5.21 Å². The number of carbonyl (C=O) groups is 1. The first-order chi connectivity index (χ1) is 19.2. The van der Waals surface area contributed by atoms with Crippen LogP contribution in [0.5, 0.6) is 5.75 Å². The SMILES string of the molecule is CCCCCCCC[C@@H]1CC[C@@H]2[C@@H]3CC=C4C[C@@H](SC(=O)Oc5ccc(N([O-])O)cc5)CC[C@]4(C)[C@@H]3CC[C@]12C. The number of ether oxygens (including phenoxy) is 1. The molecule has 1 N–H and O–H groups in total. The molecule has 0 aromatic heterocycles. The van der Waals surface area contributed by atoms with Crippen LogP contribution in [-0.4, -0.2) is 15.8 Å². The van der Waals surface area contributed by atoms with Gasteiger partial charge in [-0.25, -0.2) is 4.79 Å². The van der Waals surface area contributed by atoms with Crippen LogP contribution in [0.2, 0.25) is 0 Å². The second kappa shape index (κ2) is 12.8. The summed E-state index contributed by atoms with van der Waals surface area (Å²) in [6.07, 6.45) is 22.6. The Morgan fingerprint density at radius 1 is 1.02 bits per heavy atom. The maximum atomic E-state index is 12.7. The van der Waals surface area contributed by atoms with Gasteiger partial charge in [-0.2, -0.15) is 0 Å². The molecule has 7 atom stereocenters. The first kappa shape index (κ1) is 30.0. The number of nitrogens with zero attached hydrogens (tertiary/aromatic N) is 1. The fourth-order valence-electron chi connectivity index (χ4n) is 9.38. The Labute approximate surface area is 246 Å². The molecule has 5 nitrogen and oxygen atoms in total. The number of allylic oxidation sites excluding steroid dienone is 2. The van der Waals surface area contributed by atoms with Gasteiger partial charge in [-0.15, -0.1) is 0 Å². The van der Waals surface area contributed by atoms with Crippen LogP contribution in [0.3, 0.4) is 0 Å². The molecular formula is C34H50NO4S-. The van der Waals surface area contributed by atoms with E-state index in [0.29, 0.717) is 11.2 Å². The highest BCUT2D eigenvalue weighted by Gasteiger charge is 2.58. The number of anilines is 1. The Kier molecular flexibility index (Phi) is 9.58. The lowest BCUT2D eigenvalue weighted by Gasteiger charge is -2.58. The molecule has 0 aliphatic heterocycles. The van der Waals surface area contributed by atoms with Crippen LogP contribution in [0, 0.1) is 39.7 Å². The lowest BCUT2D eigenvalue weighted by molar-refractivity contribution is -0.0421. The van der Waals surface area contributed by atoms with Crippen LogP contribution in [0.1, 0.15) is 117 Å². The number of thioether (sulfide) groups is 1. The molecule has 0 bridgehead atoms. The predicted molar refractivity (Wildman–Crippen MR) is 165 cm³/mol. The summed E-state index contributed by atoms with van der Waals surface area (Å²) in [4.78, 5) is 12.7. The number of benzene rings is 1. The minimum Gasteiger partial charge on any atom is -0.733 e. The Balaban J connectivity index is 1.16. The van der Waals surface area contributed by atoms with Crippen LogP contribution in [0.4, 0.5) is 10.5 Å². The molecule has 0 saturated heterocycles. The van der Waals surface area contributed by atoms with Crippen LogP contribution in [-0.2, 0) is 0 Å². The van der Waals surface area contributed by atoms with E-state index in [9.17, 15) is 10.0 Å². The molecule has 4 aliphatic rings. The molecule has 1 aromatic carbocycles. The van der Waals surface area contributed by atoms with Crippen molar-refractivity contribution in [2.45, 2.75) is 122 Å². The van der Waals surface area contributed by atoms with E-state index in [0.717, 1.165) is 36.5 Å². The highest BCUT2D eigenvalue weighted by molar-refractivity contribution is 8.13. The largest absolute Gasteiger partial charge is 0.733 e. The quantitative estimate of drug-likeness (QED) is 0.131. The second-order valence-electron chi connectivity index (χ2n) is 13.7. The summed E-state index contributed by atoms with van der Waals surface area (Å²) in [6.45, 7) is 7.51. The standard InChI is InChI=1S/C34H50NO4S/c1-4-5-6-7-8-9-10-24-12-18-30-29-17-11-25-23-28(19-21-34(25,3)31(29)20-22-33(24,30)2)40-32(36)39-27-15-13-26(14-16-27)35(37)38/h11,13-16,24,28-31,37H,4-10,12,17-23H2,1-3H3/q-1/t24-,28+,29+,30-,31-,33-,34+/m1/s1. The monoisotopic (exact) mass is 568 g/mol. The van der Waals surface area contributed by atoms with E-state index < -0.39 is 0 Å². The fraction of sp³-hybridized carbons (Fsp3) is 0.735. The number of hydrogen-bond acceptors (Lipinski definition) is 6. The number of rotatable bonds is 10. The third-order valence-electron chi connectivity index (χ3n) is 11.7. The Hall–Kier alpha value is -1.50. The average molecular weight is 569 g/mol. The normalized spacial score (nSPS) is 34.8. The van der Waals surface area contributed by atoms with Gasteiger partial charge in [0.2, 0.25) is 0 Å². The third-order valence-corrected chi connectivity index (χ3v) is 12.7. The molecule has 0 heterocycles. The summed E-state index contributed by atoms with van der Waals surface area (Å²) in [7, 11) is 0. The van der Waals surface area contributed by atoms with E-state index in [1.54, 1.807) is 5.57 Å². The van der Waals surface area contributed by atoms with E-state index in [-0.39, 0.29) is 26.9 Å². The van der Waals surface area contributed by atoms with Gasteiger partial charge in [-0.1, -0.05) is 70.9 Å². The molecule has 222 valence electrons. The van der Waals surface area contributed by atoms with Crippen LogP contribution in [0.25, 0.3) is 0 Å². The number of unbranched alkanes of at least 4 members (excludes halogenated alkanes) is 5. The van der Waals surface area contributed by atoms with Gasteiger partial charge >= 0.3 is 5.30 Å². The summed E-state index contributed by atoms with van der Waals surface area (Å²) < 4.78 is 5.52. The molecule has 0 unspecified atom stereocenters. The Morgan fingerprint density at radius 3 is 2.52 bits per heavy atom. The van der Waals surface area contributed by atoms with Crippen LogP contribution < -0.4 is 9.96 Å². The molecule has 5 rings (SSSR count). The van der Waals surface area contributed by atoms with Crippen molar-refractivity contribution >= 4 is 22.8 Å². The molecule has 3 saturated carbocycles. The van der Waals surface area contributed by atoms with Crippen molar-refractivity contribution in [1.82, 2.24) is 0 Å². The van der Waals surface area contributed by atoms with Gasteiger partial charge in [0.05, 0.1) is 5.69 Å². The van der Waals surface area contributed by atoms with E-state index >= 15 is 0 Å². The summed E-state index contributed by atoms with van der Waals surface area (Å²) in [5.74, 6) is 3.84. The van der Waals surface area contributed by atoms with Gasteiger partial charge in [0, 0.05) is 5.25 Å². The van der Waals surface area contributed by atoms with Gasteiger partial charge in [0.1, 0.15) is 5.75 Å². The third kappa shape index (κ3) is 6.15. The maximum absolute atomic E-state index is 12.7. The van der Waals surface area contributed by atoms with Gasteiger partial charge in [-0.05, 0) is 128 Å². The molecule has 0 amide bonds. The molecule has 4 aliphatic carbocycles. The van der Waals surface area contributed by atoms with Crippen molar-refractivity contribution in [3.8, 4) is 5.75 Å². The molecule has 0 radical (unpaired) electrons. The van der Waals surface area contributed by atoms with Gasteiger partial charge < -0.3 is 15.2 Å². The molecule has 40 heavy (non-hydrogen) atoms. The van der Waals surface area contributed by atoms with Gasteiger partial charge in [0.25, 0.3) is 0 Å². The first-order valence-corrected chi connectivity index (χ1v) is 17.0. The number of carbonyl (C=O) groups excluding carboxylic acids is 1. The maximum Gasteiger partial charge on any atom is 0.372 e. The van der Waals surface area contributed by atoms with E-state index in [1.165, 1.54) is 119 Å². The summed E-state index contributed by atoms with van der Waals surface area (Å²) >= 11 is 1.31. The number of fused-ring (bicyclic) bond motifs is 5. The molecule has 0 spiro atoms. The highest BCUT2D eigenvalue weighted by atomic mass is 32.2. The van der Waals surface area contributed by atoms with Crippen molar-refractivity contribution in [2.75, 3.05) is 5.23 Å². The second-order valence-corrected chi connectivity index (χ2v) is 15.0.